The van der Waals surface area contributed by atoms with Crippen LogP contribution in [0, 0.1) is 46.3 Å². The van der Waals surface area contributed by atoms with E-state index >= 15 is 0 Å². The Morgan fingerprint density at radius 2 is 1.62 bits per heavy atom. The average Bonchev–Trinajstić information content (AvgIpc) is 3.36. The summed E-state index contributed by atoms with van der Waals surface area (Å²) < 4.78 is 12.4. The van der Waals surface area contributed by atoms with Crippen molar-refractivity contribution >= 4 is 0 Å². The van der Waals surface area contributed by atoms with Crippen molar-refractivity contribution in [3.63, 3.8) is 0 Å². The number of aliphatic hydroxyl groups excluding tert-OH is 3. The molecule has 1 saturated heterocycles. The molecular weight excluding hydrogens is 492 g/mol. The topological polar surface area (TPSA) is 99.4 Å². The molecule has 0 spiro atoms. The molecule has 4 saturated carbocycles. The highest BCUT2D eigenvalue weighted by Crippen LogP contribution is 2.69. The molecule has 39 heavy (non-hydrogen) atoms. The standard InChI is InChI=1S/C33H58O6/c1-19(2)10-9-11-20(3)23-12-13-24-22-18-26(38-30-28(36)27(35)29(39-30)21(4)34)33(37)16-8-7-15-32(33,6)25(22)14-17-31(23,24)5/h19-30,34-37H,7-18H2,1-6H3/t20-,21-,22+,23-,24+,25+,26+,27-,28-,29+,30-,31-,32-,33+/m1/s1. The fourth-order valence-corrected chi connectivity index (χ4v) is 10.8. The lowest BCUT2D eigenvalue weighted by Gasteiger charge is -2.65. The summed E-state index contributed by atoms with van der Waals surface area (Å²) in [5.74, 6) is 3.88. The Balaban J connectivity index is 1.39. The van der Waals surface area contributed by atoms with Crippen molar-refractivity contribution in [2.75, 3.05) is 0 Å². The van der Waals surface area contributed by atoms with E-state index in [1.165, 1.54) is 44.9 Å². The maximum absolute atomic E-state index is 12.4. The molecular formula is C33H58O6. The maximum Gasteiger partial charge on any atom is 0.187 e. The van der Waals surface area contributed by atoms with E-state index in [1.807, 2.05) is 0 Å². The third-order valence-electron chi connectivity index (χ3n) is 13.0. The second-order valence-electron chi connectivity index (χ2n) is 15.5. The Morgan fingerprint density at radius 1 is 0.897 bits per heavy atom. The van der Waals surface area contributed by atoms with Gasteiger partial charge in [-0.05, 0) is 92.8 Å². The number of ether oxygens (including phenoxy) is 2. The van der Waals surface area contributed by atoms with Crippen LogP contribution < -0.4 is 0 Å². The van der Waals surface area contributed by atoms with Crippen LogP contribution >= 0.6 is 0 Å². The molecule has 1 aliphatic heterocycles. The van der Waals surface area contributed by atoms with Crippen molar-refractivity contribution < 1.29 is 29.9 Å². The van der Waals surface area contributed by atoms with Gasteiger partial charge < -0.3 is 29.9 Å². The Labute approximate surface area is 237 Å². The Bertz CT molecular complexity index is 848. The number of aliphatic hydroxyl groups is 4. The number of rotatable bonds is 8. The fraction of sp³-hybridized carbons (Fsp3) is 1.00. The zero-order valence-corrected chi connectivity index (χ0v) is 25.5. The highest BCUT2D eigenvalue weighted by molar-refractivity contribution is 5.17. The maximum atomic E-state index is 12.4. The summed E-state index contributed by atoms with van der Waals surface area (Å²) >= 11 is 0. The molecule has 0 unspecified atom stereocenters. The van der Waals surface area contributed by atoms with Gasteiger partial charge in [0, 0.05) is 5.41 Å². The highest BCUT2D eigenvalue weighted by Gasteiger charge is 2.67. The van der Waals surface area contributed by atoms with E-state index in [2.05, 4.69) is 34.6 Å². The highest BCUT2D eigenvalue weighted by atomic mass is 16.7. The lowest BCUT2D eigenvalue weighted by atomic mass is 9.42. The predicted octanol–water partition coefficient (Wildman–Crippen LogP) is 5.44. The summed E-state index contributed by atoms with van der Waals surface area (Å²) in [6.45, 7) is 13.6. The van der Waals surface area contributed by atoms with E-state index < -0.39 is 42.4 Å². The van der Waals surface area contributed by atoms with Crippen LogP contribution in [0.2, 0.25) is 0 Å². The predicted molar refractivity (Wildman–Crippen MR) is 152 cm³/mol. The van der Waals surface area contributed by atoms with E-state index in [9.17, 15) is 20.4 Å². The van der Waals surface area contributed by atoms with Gasteiger partial charge in [-0.15, -0.1) is 0 Å². The summed E-state index contributed by atoms with van der Waals surface area (Å²) in [4.78, 5) is 0. The summed E-state index contributed by atoms with van der Waals surface area (Å²) in [5, 5.41) is 43.8. The van der Waals surface area contributed by atoms with Gasteiger partial charge in [0.25, 0.3) is 0 Å². The van der Waals surface area contributed by atoms with Crippen LogP contribution in [0.5, 0.6) is 0 Å². The molecule has 4 N–H and O–H groups in total. The molecule has 1 heterocycles. The van der Waals surface area contributed by atoms with E-state index in [0.29, 0.717) is 29.6 Å². The third-order valence-corrected chi connectivity index (χ3v) is 13.0. The lowest BCUT2D eigenvalue weighted by molar-refractivity contribution is -0.304. The molecule has 0 bridgehead atoms. The number of hydrogen-bond acceptors (Lipinski definition) is 6. The summed E-state index contributed by atoms with van der Waals surface area (Å²) in [7, 11) is 0. The molecule has 0 radical (unpaired) electrons. The van der Waals surface area contributed by atoms with Gasteiger partial charge in [-0.25, -0.2) is 0 Å². The van der Waals surface area contributed by atoms with Gasteiger partial charge in [-0.2, -0.15) is 0 Å². The molecule has 5 fully saturated rings. The minimum atomic E-state index is -1.24. The molecule has 0 amide bonds. The smallest absolute Gasteiger partial charge is 0.187 e. The first kappa shape index (κ1) is 30.2. The van der Waals surface area contributed by atoms with Crippen LogP contribution in [0.4, 0.5) is 0 Å². The zero-order chi connectivity index (χ0) is 28.3. The molecule has 6 heteroatoms. The third kappa shape index (κ3) is 4.95. The van der Waals surface area contributed by atoms with Crippen molar-refractivity contribution in [2.45, 2.75) is 161 Å². The molecule has 5 rings (SSSR count). The summed E-state index contributed by atoms with van der Waals surface area (Å²) in [6, 6.07) is 0. The summed E-state index contributed by atoms with van der Waals surface area (Å²) in [6.07, 6.45) is 7.88. The van der Waals surface area contributed by atoms with Gasteiger partial charge in [0.1, 0.15) is 18.3 Å². The second-order valence-corrected chi connectivity index (χ2v) is 15.5. The van der Waals surface area contributed by atoms with Gasteiger partial charge in [-0.3, -0.25) is 0 Å². The molecule has 5 aliphatic rings. The van der Waals surface area contributed by atoms with Crippen molar-refractivity contribution in [2.24, 2.45) is 46.3 Å². The minimum absolute atomic E-state index is 0.229. The quantitative estimate of drug-likeness (QED) is 0.321. The second kappa shape index (κ2) is 11.1. The zero-order valence-electron chi connectivity index (χ0n) is 25.5. The van der Waals surface area contributed by atoms with Crippen LogP contribution in [-0.2, 0) is 9.47 Å². The Hall–Kier alpha value is -0.240. The normalized spacial score (nSPS) is 51.3. The van der Waals surface area contributed by atoms with Crippen molar-refractivity contribution in [1.82, 2.24) is 0 Å². The Kier molecular flexibility index (Phi) is 8.61. The molecule has 0 aromatic heterocycles. The number of hydrogen-bond donors (Lipinski definition) is 4. The van der Waals surface area contributed by atoms with Gasteiger partial charge >= 0.3 is 0 Å². The van der Waals surface area contributed by atoms with Gasteiger partial charge in [0.2, 0.25) is 0 Å². The van der Waals surface area contributed by atoms with E-state index in [4.69, 9.17) is 9.47 Å². The van der Waals surface area contributed by atoms with Gasteiger partial charge in [0.15, 0.2) is 6.29 Å². The van der Waals surface area contributed by atoms with Crippen molar-refractivity contribution in [3.05, 3.63) is 0 Å². The molecule has 6 nitrogen and oxygen atoms in total. The minimum Gasteiger partial charge on any atom is -0.391 e. The first-order chi connectivity index (χ1) is 18.3. The summed E-state index contributed by atoms with van der Waals surface area (Å²) in [5.41, 5.74) is -0.868. The van der Waals surface area contributed by atoms with Crippen molar-refractivity contribution in [3.8, 4) is 0 Å². The van der Waals surface area contributed by atoms with E-state index in [1.54, 1.807) is 6.92 Å². The lowest BCUT2D eigenvalue weighted by Crippen LogP contribution is -2.68. The van der Waals surface area contributed by atoms with E-state index in [0.717, 1.165) is 43.4 Å². The van der Waals surface area contributed by atoms with Gasteiger partial charge in [-0.1, -0.05) is 66.7 Å². The first-order valence-electron chi connectivity index (χ1n) is 16.4. The monoisotopic (exact) mass is 550 g/mol. The molecule has 226 valence electrons. The Morgan fingerprint density at radius 3 is 2.28 bits per heavy atom. The van der Waals surface area contributed by atoms with Crippen molar-refractivity contribution in [1.29, 1.82) is 0 Å². The van der Waals surface area contributed by atoms with Crippen LogP contribution in [-0.4, -0.2) is 62.8 Å². The fourth-order valence-electron chi connectivity index (χ4n) is 10.8. The largest absolute Gasteiger partial charge is 0.391 e. The first-order valence-corrected chi connectivity index (χ1v) is 16.4. The number of fused-ring (bicyclic) bond motifs is 5. The van der Waals surface area contributed by atoms with E-state index in [-0.39, 0.29) is 5.41 Å². The van der Waals surface area contributed by atoms with Crippen LogP contribution in [0.15, 0.2) is 0 Å². The molecule has 14 atom stereocenters. The molecule has 0 aromatic carbocycles. The molecule has 4 aliphatic carbocycles. The van der Waals surface area contributed by atoms with Gasteiger partial charge in [0.05, 0.1) is 17.8 Å². The van der Waals surface area contributed by atoms with Crippen LogP contribution in [0.1, 0.15) is 119 Å². The average molecular weight is 551 g/mol. The van der Waals surface area contributed by atoms with Crippen LogP contribution in [0.25, 0.3) is 0 Å². The van der Waals surface area contributed by atoms with Crippen LogP contribution in [0.3, 0.4) is 0 Å². The SMILES string of the molecule is CC(C)CCC[C@@H](C)[C@H]1CC[C@H]2[C@@H]3C[C@H](O[C@@H]4O[C@@H]([C@@H](C)O)[C@H](O)[C@H]4O)[C@@]4(O)CCCC[C@]4(C)[C@H]3CC[C@]12C. The molecule has 0 aromatic rings.